The minimum absolute atomic E-state index is 0.193. The van der Waals surface area contributed by atoms with Crippen molar-refractivity contribution in [2.45, 2.75) is 18.8 Å². The van der Waals surface area contributed by atoms with E-state index in [2.05, 4.69) is 0 Å². The van der Waals surface area contributed by atoms with Crippen LogP contribution in [0.3, 0.4) is 0 Å². The molecule has 1 atom stereocenters. The van der Waals surface area contributed by atoms with E-state index in [1.807, 2.05) is 0 Å². The van der Waals surface area contributed by atoms with E-state index in [0.29, 0.717) is 19.1 Å². The van der Waals surface area contributed by atoms with Gasteiger partial charge in [-0.3, -0.25) is 9.52 Å². The number of carbonyl (C=O) groups excluding carboxylic acids is 1. The Balaban J connectivity index is 2.92. The molecule has 0 aliphatic rings. The molecular formula is C12H12F4N2O6S. The van der Waals surface area contributed by atoms with Gasteiger partial charge in [-0.2, -0.15) is 13.2 Å². The molecule has 1 aromatic rings. The van der Waals surface area contributed by atoms with Crippen molar-refractivity contribution >= 4 is 27.6 Å². The lowest BCUT2D eigenvalue weighted by atomic mass is 10.2. The minimum Gasteiger partial charge on any atom is -0.478 e. The Morgan fingerprint density at radius 2 is 1.80 bits per heavy atom. The van der Waals surface area contributed by atoms with Crippen molar-refractivity contribution in [3.05, 3.63) is 29.6 Å². The maximum atomic E-state index is 13.1. The zero-order valence-corrected chi connectivity index (χ0v) is 13.2. The molecule has 0 aromatic heterocycles. The van der Waals surface area contributed by atoms with Crippen LogP contribution in [0, 0.1) is 5.82 Å². The summed E-state index contributed by atoms with van der Waals surface area (Å²) in [6.07, 6.45) is -5.07. The molecule has 0 fully saturated rings. The van der Waals surface area contributed by atoms with Crippen LogP contribution in [0.4, 0.5) is 23.2 Å². The zero-order chi connectivity index (χ0) is 19.6. The fourth-order valence-corrected chi connectivity index (χ4v) is 2.53. The maximum Gasteiger partial charge on any atom is 0.419 e. The SMILES string of the molecule is CC(O)(NC(=O)CS(=O)(=O)Nc1ccc(F)c(C(F)(F)F)c1)C(=O)O. The quantitative estimate of drug-likeness (QED) is 0.414. The third-order valence-corrected chi connectivity index (χ3v) is 3.85. The summed E-state index contributed by atoms with van der Waals surface area (Å²) >= 11 is 0. The van der Waals surface area contributed by atoms with Crippen LogP contribution in [-0.2, 0) is 25.8 Å². The molecule has 1 unspecified atom stereocenters. The van der Waals surface area contributed by atoms with Gasteiger partial charge in [-0.15, -0.1) is 0 Å². The first-order chi connectivity index (χ1) is 11.1. The average molecular weight is 388 g/mol. The molecule has 1 aromatic carbocycles. The van der Waals surface area contributed by atoms with Crippen LogP contribution in [0.2, 0.25) is 0 Å². The second kappa shape index (κ2) is 6.84. The van der Waals surface area contributed by atoms with E-state index in [0.717, 1.165) is 0 Å². The lowest BCUT2D eigenvalue weighted by Gasteiger charge is -2.19. The second-order valence-corrected chi connectivity index (χ2v) is 6.70. The third-order valence-electron chi connectivity index (χ3n) is 2.67. The Morgan fingerprint density at radius 1 is 1.24 bits per heavy atom. The average Bonchev–Trinajstić information content (AvgIpc) is 2.37. The van der Waals surface area contributed by atoms with Gasteiger partial charge in [0, 0.05) is 5.69 Å². The number of sulfonamides is 1. The highest BCUT2D eigenvalue weighted by atomic mass is 32.2. The minimum atomic E-state index is -5.07. The summed E-state index contributed by atoms with van der Waals surface area (Å²) in [4.78, 5) is 22.1. The lowest BCUT2D eigenvalue weighted by molar-refractivity contribution is -0.162. The standard InChI is InChI=1S/C12H12F4N2O6S/c1-11(22,10(20)21)17-9(19)5-25(23,24)18-6-2-3-8(13)7(4-6)12(14,15)16/h2-4,18,22H,5H2,1H3,(H,17,19)(H,20,21). The van der Waals surface area contributed by atoms with Gasteiger partial charge in [0.2, 0.25) is 21.7 Å². The van der Waals surface area contributed by atoms with Crippen molar-refractivity contribution in [2.24, 2.45) is 0 Å². The van der Waals surface area contributed by atoms with Gasteiger partial charge in [0.25, 0.3) is 0 Å². The largest absolute Gasteiger partial charge is 0.478 e. The Kier molecular flexibility index (Phi) is 5.64. The van der Waals surface area contributed by atoms with Crippen LogP contribution < -0.4 is 10.0 Å². The first-order valence-electron chi connectivity index (χ1n) is 6.28. The predicted molar refractivity (Wildman–Crippen MR) is 75.2 cm³/mol. The molecule has 140 valence electrons. The van der Waals surface area contributed by atoms with E-state index in [1.165, 1.54) is 5.32 Å². The van der Waals surface area contributed by atoms with E-state index >= 15 is 0 Å². The molecule has 0 saturated heterocycles. The smallest absolute Gasteiger partial charge is 0.419 e. The first kappa shape index (κ1) is 20.6. The van der Waals surface area contributed by atoms with Crippen LogP contribution in [0.1, 0.15) is 12.5 Å². The first-order valence-corrected chi connectivity index (χ1v) is 7.93. The summed E-state index contributed by atoms with van der Waals surface area (Å²) in [5, 5.41) is 19.4. The van der Waals surface area contributed by atoms with E-state index < -0.39 is 56.6 Å². The molecule has 4 N–H and O–H groups in total. The maximum absolute atomic E-state index is 13.1. The number of alkyl halides is 3. The number of hydrogen-bond acceptors (Lipinski definition) is 5. The second-order valence-electron chi connectivity index (χ2n) is 4.98. The third kappa shape index (κ3) is 5.86. The summed E-state index contributed by atoms with van der Waals surface area (Å²) in [6, 6.07) is 1.28. The van der Waals surface area contributed by atoms with Crippen molar-refractivity contribution in [3.63, 3.8) is 0 Å². The van der Waals surface area contributed by atoms with Gasteiger partial charge in [0.15, 0.2) is 0 Å². The number of benzene rings is 1. The number of anilines is 1. The molecule has 0 aliphatic heterocycles. The van der Waals surface area contributed by atoms with E-state index in [4.69, 9.17) is 5.11 Å². The molecule has 0 bridgehead atoms. The van der Waals surface area contributed by atoms with Gasteiger partial charge in [0.05, 0.1) is 5.56 Å². The van der Waals surface area contributed by atoms with Gasteiger partial charge in [-0.05, 0) is 25.1 Å². The molecule has 8 nitrogen and oxygen atoms in total. The summed E-state index contributed by atoms with van der Waals surface area (Å²) in [5.41, 5.74) is -5.12. The van der Waals surface area contributed by atoms with Crippen LogP contribution in [0.5, 0.6) is 0 Å². The van der Waals surface area contributed by atoms with Gasteiger partial charge >= 0.3 is 12.1 Å². The molecule has 25 heavy (non-hydrogen) atoms. The molecule has 13 heteroatoms. The monoisotopic (exact) mass is 388 g/mol. The number of aliphatic hydroxyl groups is 1. The lowest BCUT2D eigenvalue weighted by Crippen LogP contribution is -2.53. The number of nitrogens with one attached hydrogen (secondary N) is 2. The van der Waals surface area contributed by atoms with Crippen molar-refractivity contribution in [2.75, 3.05) is 10.5 Å². The highest BCUT2D eigenvalue weighted by molar-refractivity contribution is 7.93. The molecule has 0 spiro atoms. The van der Waals surface area contributed by atoms with Gasteiger partial charge in [-0.1, -0.05) is 0 Å². The topological polar surface area (TPSA) is 133 Å². The number of halogens is 4. The molecule has 0 radical (unpaired) electrons. The van der Waals surface area contributed by atoms with Crippen molar-refractivity contribution in [3.8, 4) is 0 Å². The summed E-state index contributed by atoms with van der Waals surface area (Å²) in [6.45, 7) is 0.670. The van der Waals surface area contributed by atoms with Gasteiger partial charge in [0.1, 0.15) is 11.6 Å². The fourth-order valence-electron chi connectivity index (χ4n) is 1.56. The summed E-state index contributed by atoms with van der Waals surface area (Å²) < 4.78 is 75.9. The van der Waals surface area contributed by atoms with Crippen LogP contribution in [0.25, 0.3) is 0 Å². The summed E-state index contributed by atoms with van der Waals surface area (Å²) in [7, 11) is -4.56. The van der Waals surface area contributed by atoms with Crippen LogP contribution in [0.15, 0.2) is 18.2 Å². The van der Waals surface area contributed by atoms with E-state index in [9.17, 15) is 40.7 Å². The van der Waals surface area contributed by atoms with Gasteiger partial charge in [-0.25, -0.2) is 17.6 Å². The number of carboxylic acids is 1. The molecule has 0 saturated carbocycles. The molecule has 0 heterocycles. The highest BCUT2D eigenvalue weighted by Crippen LogP contribution is 2.33. The molecular weight excluding hydrogens is 376 g/mol. The number of aliphatic carboxylic acids is 1. The molecule has 0 aliphatic carbocycles. The fraction of sp³-hybridized carbons (Fsp3) is 0.333. The Labute approximate surface area is 138 Å². The molecule has 1 amide bonds. The Morgan fingerprint density at radius 3 is 2.28 bits per heavy atom. The van der Waals surface area contributed by atoms with Gasteiger partial charge < -0.3 is 15.5 Å². The highest BCUT2D eigenvalue weighted by Gasteiger charge is 2.35. The Hall–Kier alpha value is -2.41. The Bertz CT molecular complexity index is 791. The number of carboxylic acid groups (broad SMARTS) is 1. The number of rotatable bonds is 6. The van der Waals surface area contributed by atoms with Crippen molar-refractivity contribution < 1.29 is 45.8 Å². The number of carbonyl (C=O) groups is 2. The van der Waals surface area contributed by atoms with Crippen LogP contribution in [-0.4, -0.2) is 42.0 Å². The van der Waals surface area contributed by atoms with E-state index in [1.54, 1.807) is 4.72 Å². The zero-order valence-electron chi connectivity index (χ0n) is 12.4. The number of hydrogen-bond donors (Lipinski definition) is 4. The van der Waals surface area contributed by atoms with Crippen molar-refractivity contribution in [1.82, 2.24) is 5.32 Å². The molecule has 1 rings (SSSR count). The van der Waals surface area contributed by atoms with E-state index in [-0.39, 0.29) is 6.07 Å². The normalized spacial score (nSPS) is 14.5. The van der Waals surface area contributed by atoms with Crippen LogP contribution >= 0.6 is 0 Å². The predicted octanol–water partition coefficient (Wildman–Crippen LogP) is 0.496. The number of amides is 1. The van der Waals surface area contributed by atoms with Crippen molar-refractivity contribution in [1.29, 1.82) is 0 Å². The summed E-state index contributed by atoms with van der Waals surface area (Å²) in [5.74, 6) is -6.31.